The van der Waals surface area contributed by atoms with E-state index in [9.17, 15) is 9.18 Å². The predicted molar refractivity (Wildman–Crippen MR) is 82.8 cm³/mol. The molecule has 1 heterocycles. The number of hydrogen-bond donors (Lipinski definition) is 2. The van der Waals surface area contributed by atoms with Gasteiger partial charge >= 0.3 is 0 Å². The van der Waals surface area contributed by atoms with Gasteiger partial charge in [-0.3, -0.25) is 4.79 Å². The van der Waals surface area contributed by atoms with Crippen LogP contribution in [0.3, 0.4) is 0 Å². The van der Waals surface area contributed by atoms with Crippen molar-refractivity contribution in [2.45, 2.75) is 12.8 Å². The molecular formula is C15H20BrFN2O2. The molecule has 0 radical (unpaired) electrons. The number of rotatable bonds is 5. The third-order valence-electron chi connectivity index (χ3n) is 3.91. The summed E-state index contributed by atoms with van der Waals surface area (Å²) in [6, 6.07) is 4.07. The van der Waals surface area contributed by atoms with E-state index in [4.69, 9.17) is 4.74 Å². The van der Waals surface area contributed by atoms with Crippen LogP contribution in [0.1, 0.15) is 23.2 Å². The van der Waals surface area contributed by atoms with Crippen LogP contribution in [0.25, 0.3) is 0 Å². The second-order valence-electron chi connectivity index (χ2n) is 5.49. The molecule has 1 amide bonds. The number of ether oxygens (including phenoxy) is 1. The van der Waals surface area contributed by atoms with Crippen LogP contribution in [0, 0.1) is 11.2 Å². The maximum atomic E-state index is 13.1. The maximum Gasteiger partial charge on any atom is 0.252 e. The van der Waals surface area contributed by atoms with Gasteiger partial charge in [-0.05, 0) is 60.1 Å². The summed E-state index contributed by atoms with van der Waals surface area (Å²) < 4.78 is 18.9. The average molecular weight is 359 g/mol. The highest BCUT2D eigenvalue weighted by Gasteiger charge is 2.32. The molecule has 2 rings (SSSR count). The first-order chi connectivity index (χ1) is 10.1. The Morgan fingerprint density at radius 2 is 2.19 bits per heavy atom. The first-order valence-corrected chi connectivity index (χ1v) is 7.78. The maximum absolute atomic E-state index is 13.1. The highest BCUT2D eigenvalue weighted by Crippen LogP contribution is 2.28. The van der Waals surface area contributed by atoms with Crippen LogP contribution in [-0.2, 0) is 4.74 Å². The SMILES string of the molecule is COCC1(CNC(=O)c2ccc(F)cc2Br)CCNCC1. The van der Waals surface area contributed by atoms with Gasteiger partial charge < -0.3 is 15.4 Å². The summed E-state index contributed by atoms with van der Waals surface area (Å²) in [6.07, 6.45) is 1.93. The molecule has 2 N–H and O–H groups in total. The van der Waals surface area contributed by atoms with Crippen LogP contribution in [0.4, 0.5) is 4.39 Å². The molecule has 0 spiro atoms. The zero-order valence-electron chi connectivity index (χ0n) is 12.0. The van der Waals surface area contributed by atoms with Gasteiger partial charge in [-0.1, -0.05) is 0 Å². The minimum Gasteiger partial charge on any atom is -0.384 e. The van der Waals surface area contributed by atoms with Crippen LogP contribution in [0.15, 0.2) is 22.7 Å². The van der Waals surface area contributed by atoms with E-state index in [-0.39, 0.29) is 17.1 Å². The minimum atomic E-state index is -0.368. The molecule has 1 aliphatic heterocycles. The fourth-order valence-electron chi connectivity index (χ4n) is 2.67. The largest absolute Gasteiger partial charge is 0.384 e. The Labute approximate surface area is 132 Å². The Balaban J connectivity index is 2.01. The van der Waals surface area contributed by atoms with Gasteiger partial charge in [0.1, 0.15) is 5.82 Å². The lowest BCUT2D eigenvalue weighted by atomic mass is 9.79. The highest BCUT2D eigenvalue weighted by molar-refractivity contribution is 9.10. The number of methoxy groups -OCH3 is 1. The molecule has 0 aliphatic carbocycles. The summed E-state index contributed by atoms with van der Waals surface area (Å²) in [5.41, 5.74) is 0.417. The predicted octanol–water partition coefficient (Wildman–Crippen LogP) is 2.33. The topological polar surface area (TPSA) is 50.4 Å². The van der Waals surface area contributed by atoms with Crippen molar-refractivity contribution in [3.8, 4) is 0 Å². The molecular weight excluding hydrogens is 339 g/mol. The summed E-state index contributed by atoms with van der Waals surface area (Å²) in [5, 5.41) is 6.27. The Hall–Kier alpha value is -0.980. The van der Waals surface area contributed by atoms with E-state index in [1.54, 1.807) is 7.11 Å². The van der Waals surface area contributed by atoms with Gasteiger partial charge in [0, 0.05) is 23.5 Å². The number of nitrogens with one attached hydrogen (secondary N) is 2. The fourth-order valence-corrected chi connectivity index (χ4v) is 3.20. The molecule has 0 unspecified atom stereocenters. The standard InChI is InChI=1S/C15H20BrFN2O2/c1-21-10-15(4-6-18-7-5-15)9-19-14(20)12-3-2-11(17)8-13(12)16/h2-3,8,18H,4-7,9-10H2,1H3,(H,19,20). The van der Waals surface area contributed by atoms with Crippen molar-refractivity contribution in [3.63, 3.8) is 0 Å². The number of halogens is 2. The summed E-state index contributed by atoms with van der Waals surface area (Å²) in [7, 11) is 1.68. The molecule has 1 saturated heterocycles. The number of carbonyl (C=O) groups excluding carboxylic acids is 1. The molecule has 0 atom stereocenters. The van der Waals surface area contributed by atoms with Crippen LogP contribution in [0.2, 0.25) is 0 Å². The first-order valence-electron chi connectivity index (χ1n) is 6.99. The number of amides is 1. The van der Waals surface area contributed by atoms with Crippen molar-refractivity contribution in [2.75, 3.05) is 33.4 Å². The van der Waals surface area contributed by atoms with E-state index in [1.807, 2.05) is 0 Å². The molecule has 116 valence electrons. The lowest BCUT2D eigenvalue weighted by Crippen LogP contribution is -2.47. The zero-order chi connectivity index (χ0) is 15.3. The third-order valence-corrected chi connectivity index (χ3v) is 4.57. The number of piperidine rings is 1. The number of carbonyl (C=O) groups is 1. The van der Waals surface area contributed by atoms with Crippen LogP contribution in [0.5, 0.6) is 0 Å². The van der Waals surface area contributed by atoms with Crippen molar-refractivity contribution in [3.05, 3.63) is 34.1 Å². The van der Waals surface area contributed by atoms with Crippen molar-refractivity contribution < 1.29 is 13.9 Å². The smallest absolute Gasteiger partial charge is 0.252 e. The third kappa shape index (κ3) is 4.25. The summed E-state index contributed by atoms with van der Waals surface area (Å²) in [6.45, 7) is 3.05. The molecule has 6 heteroatoms. The van der Waals surface area contributed by atoms with E-state index in [2.05, 4.69) is 26.6 Å². The monoisotopic (exact) mass is 358 g/mol. The minimum absolute atomic E-state index is 0.0256. The van der Waals surface area contributed by atoms with Crippen LogP contribution in [-0.4, -0.2) is 39.3 Å². The summed E-state index contributed by atoms with van der Waals surface area (Å²) in [4.78, 5) is 12.2. The summed E-state index contributed by atoms with van der Waals surface area (Å²) in [5.74, 6) is -0.566. The molecule has 0 aromatic heterocycles. The van der Waals surface area contributed by atoms with E-state index in [1.165, 1.54) is 18.2 Å². The molecule has 0 bridgehead atoms. The Morgan fingerprint density at radius 3 is 2.81 bits per heavy atom. The Bertz CT molecular complexity index is 499. The van der Waals surface area contributed by atoms with E-state index >= 15 is 0 Å². The lowest BCUT2D eigenvalue weighted by molar-refractivity contribution is 0.0511. The molecule has 1 aliphatic rings. The molecule has 4 nitrogen and oxygen atoms in total. The molecule has 1 aromatic carbocycles. The van der Waals surface area contributed by atoms with Crippen molar-refractivity contribution in [1.82, 2.24) is 10.6 Å². The second kappa shape index (κ2) is 7.33. The van der Waals surface area contributed by atoms with Gasteiger partial charge in [-0.25, -0.2) is 4.39 Å². The molecule has 1 aromatic rings. The lowest BCUT2D eigenvalue weighted by Gasteiger charge is -2.37. The van der Waals surface area contributed by atoms with Crippen LogP contribution >= 0.6 is 15.9 Å². The van der Waals surface area contributed by atoms with Crippen molar-refractivity contribution in [1.29, 1.82) is 0 Å². The number of benzene rings is 1. The first kappa shape index (κ1) is 16.4. The average Bonchev–Trinajstić information content (AvgIpc) is 2.46. The normalized spacial score (nSPS) is 17.5. The van der Waals surface area contributed by atoms with E-state index < -0.39 is 0 Å². The van der Waals surface area contributed by atoms with E-state index in [0.717, 1.165) is 25.9 Å². The number of hydrogen-bond acceptors (Lipinski definition) is 3. The molecule has 0 saturated carbocycles. The fraction of sp³-hybridized carbons (Fsp3) is 0.533. The van der Waals surface area contributed by atoms with Gasteiger partial charge in [-0.2, -0.15) is 0 Å². The van der Waals surface area contributed by atoms with Gasteiger partial charge in [0.05, 0.1) is 12.2 Å². The highest BCUT2D eigenvalue weighted by atomic mass is 79.9. The molecule has 1 fully saturated rings. The zero-order valence-corrected chi connectivity index (χ0v) is 13.6. The van der Waals surface area contributed by atoms with Gasteiger partial charge in [-0.15, -0.1) is 0 Å². The quantitative estimate of drug-likeness (QED) is 0.849. The van der Waals surface area contributed by atoms with Crippen molar-refractivity contribution in [2.24, 2.45) is 5.41 Å². The Kier molecular flexibility index (Phi) is 5.72. The van der Waals surface area contributed by atoms with E-state index in [0.29, 0.717) is 23.2 Å². The van der Waals surface area contributed by atoms with Crippen molar-refractivity contribution >= 4 is 21.8 Å². The van der Waals surface area contributed by atoms with Gasteiger partial charge in [0.2, 0.25) is 0 Å². The van der Waals surface area contributed by atoms with Gasteiger partial charge in [0.25, 0.3) is 5.91 Å². The second-order valence-corrected chi connectivity index (χ2v) is 6.34. The van der Waals surface area contributed by atoms with Crippen LogP contribution < -0.4 is 10.6 Å². The molecule has 21 heavy (non-hydrogen) atoms. The van der Waals surface area contributed by atoms with Gasteiger partial charge in [0.15, 0.2) is 0 Å². The summed E-state index contributed by atoms with van der Waals surface area (Å²) >= 11 is 3.22. The Morgan fingerprint density at radius 1 is 1.48 bits per heavy atom.